The second-order valence-corrected chi connectivity index (χ2v) is 5.07. The Kier molecular flexibility index (Phi) is 4.09. The summed E-state index contributed by atoms with van der Waals surface area (Å²) in [6, 6.07) is -0.148. The molecule has 1 fully saturated rings. The van der Waals surface area contributed by atoms with Gasteiger partial charge in [0.2, 0.25) is 5.91 Å². The second-order valence-electron chi connectivity index (χ2n) is 4.18. The van der Waals surface area contributed by atoms with Gasteiger partial charge in [-0.1, -0.05) is 0 Å². The van der Waals surface area contributed by atoms with Crippen LogP contribution in [0.2, 0.25) is 0 Å². The number of ether oxygens (including phenoxy) is 1. The minimum absolute atomic E-state index is 0.00551. The molecular weight excluding hydrogens is 238 g/mol. The van der Waals surface area contributed by atoms with Crippen molar-refractivity contribution >= 4 is 22.4 Å². The number of anilines is 1. The molecule has 17 heavy (non-hydrogen) atoms. The van der Waals surface area contributed by atoms with Crippen molar-refractivity contribution in [2.75, 3.05) is 25.0 Å². The summed E-state index contributed by atoms with van der Waals surface area (Å²) in [6.45, 7) is 6.23. The molecule has 1 aromatic rings. The molecule has 6 heteroatoms. The molecule has 0 bridgehead atoms. The SMILES string of the molecule is CC1CN(C(C)C(=O)Nc2nccs2)CCO1. The molecule has 2 atom stereocenters. The van der Waals surface area contributed by atoms with Crippen LogP contribution < -0.4 is 5.32 Å². The Bertz CT molecular complexity index is 369. The van der Waals surface area contributed by atoms with Gasteiger partial charge in [-0.25, -0.2) is 4.98 Å². The van der Waals surface area contributed by atoms with E-state index in [9.17, 15) is 4.79 Å². The molecule has 2 heterocycles. The van der Waals surface area contributed by atoms with E-state index in [0.717, 1.165) is 13.1 Å². The Labute approximate surface area is 105 Å². The minimum Gasteiger partial charge on any atom is -0.376 e. The highest BCUT2D eigenvalue weighted by Crippen LogP contribution is 2.13. The summed E-state index contributed by atoms with van der Waals surface area (Å²) in [6.07, 6.45) is 1.88. The molecule has 0 aliphatic carbocycles. The molecule has 2 unspecified atom stereocenters. The van der Waals surface area contributed by atoms with E-state index in [-0.39, 0.29) is 18.1 Å². The van der Waals surface area contributed by atoms with Crippen LogP contribution in [0.15, 0.2) is 11.6 Å². The van der Waals surface area contributed by atoms with Gasteiger partial charge in [0.05, 0.1) is 18.8 Å². The predicted octanol–water partition coefficient (Wildman–Crippen LogP) is 1.19. The molecule has 1 aromatic heterocycles. The van der Waals surface area contributed by atoms with Crippen molar-refractivity contribution in [1.29, 1.82) is 0 Å². The van der Waals surface area contributed by atoms with Gasteiger partial charge in [0.15, 0.2) is 5.13 Å². The number of thiazole rings is 1. The maximum Gasteiger partial charge on any atom is 0.243 e. The van der Waals surface area contributed by atoms with Gasteiger partial charge < -0.3 is 10.1 Å². The lowest BCUT2D eigenvalue weighted by Crippen LogP contribution is -2.50. The van der Waals surface area contributed by atoms with Crippen LogP contribution in [-0.4, -0.2) is 47.6 Å². The first-order chi connectivity index (χ1) is 8.16. The number of nitrogens with one attached hydrogen (secondary N) is 1. The molecule has 1 N–H and O–H groups in total. The Balaban J connectivity index is 1.90. The van der Waals surface area contributed by atoms with E-state index in [1.807, 2.05) is 19.2 Å². The summed E-state index contributed by atoms with van der Waals surface area (Å²) in [7, 11) is 0. The lowest BCUT2D eigenvalue weighted by Gasteiger charge is -2.34. The topological polar surface area (TPSA) is 54.5 Å². The number of aromatic nitrogens is 1. The first-order valence-corrected chi connectivity index (χ1v) is 6.61. The molecule has 0 aromatic carbocycles. The zero-order chi connectivity index (χ0) is 12.3. The van der Waals surface area contributed by atoms with E-state index in [1.54, 1.807) is 6.20 Å². The summed E-state index contributed by atoms with van der Waals surface area (Å²) < 4.78 is 5.46. The molecule has 1 amide bonds. The maximum absolute atomic E-state index is 12.0. The van der Waals surface area contributed by atoms with Crippen molar-refractivity contribution in [2.24, 2.45) is 0 Å². The number of nitrogens with zero attached hydrogens (tertiary/aromatic N) is 2. The Hall–Kier alpha value is -0.980. The van der Waals surface area contributed by atoms with E-state index < -0.39 is 0 Å². The fourth-order valence-corrected chi connectivity index (χ4v) is 2.39. The normalized spacial score (nSPS) is 23.3. The van der Waals surface area contributed by atoms with Crippen molar-refractivity contribution < 1.29 is 9.53 Å². The van der Waals surface area contributed by atoms with E-state index in [1.165, 1.54) is 11.3 Å². The largest absolute Gasteiger partial charge is 0.376 e. The fraction of sp³-hybridized carbons (Fsp3) is 0.636. The minimum atomic E-state index is -0.148. The molecule has 2 rings (SSSR count). The first kappa shape index (κ1) is 12.5. The quantitative estimate of drug-likeness (QED) is 0.881. The third kappa shape index (κ3) is 3.24. The fourth-order valence-electron chi connectivity index (χ4n) is 1.86. The summed E-state index contributed by atoms with van der Waals surface area (Å²) >= 11 is 1.43. The summed E-state index contributed by atoms with van der Waals surface area (Å²) in [4.78, 5) is 18.2. The molecular formula is C11H17N3O2S. The average molecular weight is 255 g/mol. The van der Waals surface area contributed by atoms with Crippen LogP contribution in [-0.2, 0) is 9.53 Å². The van der Waals surface area contributed by atoms with Crippen LogP contribution in [0.4, 0.5) is 5.13 Å². The zero-order valence-electron chi connectivity index (χ0n) is 10.0. The van der Waals surface area contributed by atoms with Crippen LogP contribution in [0.5, 0.6) is 0 Å². The standard InChI is InChI=1S/C11H17N3O2S/c1-8-7-14(4-5-16-8)9(2)10(15)13-11-12-3-6-17-11/h3,6,8-9H,4-5,7H2,1-2H3,(H,12,13,15). The second kappa shape index (κ2) is 5.57. The van der Waals surface area contributed by atoms with Crippen LogP contribution in [0, 0.1) is 0 Å². The van der Waals surface area contributed by atoms with Crippen molar-refractivity contribution in [3.05, 3.63) is 11.6 Å². The molecule has 0 saturated carbocycles. The van der Waals surface area contributed by atoms with Gasteiger partial charge in [-0.05, 0) is 13.8 Å². The molecule has 1 aliphatic rings. The first-order valence-electron chi connectivity index (χ1n) is 5.73. The third-order valence-electron chi connectivity index (χ3n) is 2.86. The van der Waals surface area contributed by atoms with Crippen LogP contribution in [0.3, 0.4) is 0 Å². The third-order valence-corrected chi connectivity index (χ3v) is 3.55. The highest BCUT2D eigenvalue weighted by molar-refractivity contribution is 7.13. The maximum atomic E-state index is 12.0. The van der Waals surface area contributed by atoms with E-state index in [2.05, 4.69) is 15.2 Å². The van der Waals surface area contributed by atoms with Crippen LogP contribution in [0.25, 0.3) is 0 Å². The number of amides is 1. The number of carbonyl (C=O) groups excluding carboxylic acids is 1. The van der Waals surface area contributed by atoms with Gasteiger partial charge in [-0.3, -0.25) is 9.69 Å². The summed E-state index contributed by atoms with van der Waals surface area (Å²) in [5.41, 5.74) is 0. The van der Waals surface area contributed by atoms with Gasteiger partial charge in [-0.15, -0.1) is 11.3 Å². The van der Waals surface area contributed by atoms with E-state index >= 15 is 0 Å². The molecule has 0 radical (unpaired) electrons. The van der Waals surface area contributed by atoms with Crippen molar-refractivity contribution in [1.82, 2.24) is 9.88 Å². The Morgan fingerprint density at radius 1 is 1.76 bits per heavy atom. The van der Waals surface area contributed by atoms with Gasteiger partial charge in [0.1, 0.15) is 0 Å². The predicted molar refractivity (Wildman–Crippen MR) is 67.2 cm³/mol. The Morgan fingerprint density at radius 2 is 2.59 bits per heavy atom. The average Bonchev–Trinajstić information content (AvgIpc) is 2.80. The van der Waals surface area contributed by atoms with Gasteiger partial charge in [0.25, 0.3) is 0 Å². The molecule has 5 nitrogen and oxygen atoms in total. The van der Waals surface area contributed by atoms with Crippen molar-refractivity contribution in [3.63, 3.8) is 0 Å². The number of hydrogen-bond donors (Lipinski definition) is 1. The highest BCUT2D eigenvalue weighted by atomic mass is 32.1. The molecule has 1 aliphatic heterocycles. The zero-order valence-corrected chi connectivity index (χ0v) is 10.9. The molecule has 94 valence electrons. The van der Waals surface area contributed by atoms with Gasteiger partial charge in [-0.2, -0.15) is 0 Å². The molecule has 0 spiro atoms. The monoisotopic (exact) mass is 255 g/mol. The van der Waals surface area contributed by atoms with E-state index in [4.69, 9.17) is 4.74 Å². The lowest BCUT2D eigenvalue weighted by molar-refractivity contribution is -0.123. The van der Waals surface area contributed by atoms with E-state index in [0.29, 0.717) is 11.7 Å². The molecule has 1 saturated heterocycles. The lowest BCUT2D eigenvalue weighted by atomic mass is 10.2. The number of hydrogen-bond acceptors (Lipinski definition) is 5. The number of carbonyl (C=O) groups is 1. The van der Waals surface area contributed by atoms with Crippen LogP contribution >= 0.6 is 11.3 Å². The van der Waals surface area contributed by atoms with Gasteiger partial charge in [0, 0.05) is 24.7 Å². The smallest absolute Gasteiger partial charge is 0.243 e. The number of rotatable bonds is 3. The highest BCUT2D eigenvalue weighted by Gasteiger charge is 2.26. The van der Waals surface area contributed by atoms with Crippen LogP contribution in [0.1, 0.15) is 13.8 Å². The van der Waals surface area contributed by atoms with Crippen molar-refractivity contribution in [2.45, 2.75) is 26.0 Å². The Morgan fingerprint density at radius 3 is 3.24 bits per heavy atom. The van der Waals surface area contributed by atoms with Gasteiger partial charge >= 0.3 is 0 Å². The number of morpholine rings is 1. The van der Waals surface area contributed by atoms with Crippen molar-refractivity contribution in [3.8, 4) is 0 Å². The summed E-state index contributed by atoms with van der Waals surface area (Å²) in [5.74, 6) is -0.00551. The summed E-state index contributed by atoms with van der Waals surface area (Å²) in [5, 5.41) is 5.32.